The Kier molecular flexibility index (Phi) is 3.30. The molecule has 6 atom stereocenters. The molecule has 0 radical (unpaired) electrons. The van der Waals surface area contributed by atoms with E-state index in [1.807, 2.05) is 0 Å². The largest absolute Gasteiger partial charge is 0.462 e. The van der Waals surface area contributed by atoms with E-state index in [1.54, 1.807) is 13.8 Å². The fourth-order valence-corrected chi connectivity index (χ4v) is 4.45. The number of allylic oxidation sites excluding steroid dienone is 1. The van der Waals surface area contributed by atoms with Crippen LogP contribution in [0.15, 0.2) is 24.3 Å². The molecule has 0 bridgehead atoms. The van der Waals surface area contributed by atoms with E-state index >= 15 is 0 Å². The normalized spacial score (nSPS) is 45.3. The van der Waals surface area contributed by atoms with Crippen molar-refractivity contribution in [3.8, 4) is 0 Å². The van der Waals surface area contributed by atoms with Crippen molar-refractivity contribution in [3.63, 3.8) is 0 Å². The predicted molar refractivity (Wildman–Crippen MR) is 79.0 cm³/mol. The van der Waals surface area contributed by atoms with E-state index in [-0.39, 0.29) is 17.8 Å². The van der Waals surface area contributed by atoms with Gasteiger partial charge in [-0.15, -0.1) is 0 Å². The Labute approximate surface area is 134 Å². The first-order valence-electron chi connectivity index (χ1n) is 7.61. The van der Waals surface area contributed by atoms with Crippen LogP contribution >= 0.6 is 0 Å². The van der Waals surface area contributed by atoms with Gasteiger partial charge >= 0.3 is 11.9 Å². The van der Waals surface area contributed by atoms with Gasteiger partial charge in [-0.05, 0) is 25.5 Å². The lowest BCUT2D eigenvalue weighted by Crippen LogP contribution is -2.62. The Morgan fingerprint density at radius 2 is 2.09 bits per heavy atom. The molecule has 1 saturated carbocycles. The van der Waals surface area contributed by atoms with Crippen LogP contribution in [0.25, 0.3) is 0 Å². The lowest BCUT2D eigenvalue weighted by molar-refractivity contribution is -0.188. The van der Waals surface area contributed by atoms with Crippen LogP contribution in [0.3, 0.4) is 0 Å². The molecule has 1 saturated heterocycles. The average Bonchev–Trinajstić information content (AvgIpc) is 2.69. The Balaban J connectivity index is 2.12. The summed E-state index contributed by atoms with van der Waals surface area (Å²) in [6.45, 7) is 8.35. The highest BCUT2D eigenvalue weighted by Crippen LogP contribution is 2.56. The van der Waals surface area contributed by atoms with E-state index in [0.717, 1.165) is 0 Å². The minimum Gasteiger partial charge on any atom is -0.462 e. The maximum Gasteiger partial charge on any atom is 0.334 e. The summed E-state index contributed by atoms with van der Waals surface area (Å²) >= 11 is 0. The SMILES string of the molecule is C=C1C(=O)O[C@@H]2[C@H]1[C@@H](OC(C)=O)C[C@@]1(C)C(=O)C=C[C@](C)(O)[C@H]21. The van der Waals surface area contributed by atoms with Crippen LogP contribution in [-0.4, -0.2) is 40.6 Å². The van der Waals surface area contributed by atoms with Gasteiger partial charge in [0.25, 0.3) is 0 Å². The van der Waals surface area contributed by atoms with E-state index in [2.05, 4.69) is 6.58 Å². The summed E-state index contributed by atoms with van der Waals surface area (Å²) in [7, 11) is 0. The monoisotopic (exact) mass is 320 g/mol. The van der Waals surface area contributed by atoms with Gasteiger partial charge in [-0.25, -0.2) is 4.79 Å². The smallest absolute Gasteiger partial charge is 0.334 e. The number of hydrogen-bond donors (Lipinski definition) is 1. The standard InChI is InChI=1S/C17H20O6/c1-8-12-10(22-9(2)18)7-16(3)11(19)5-6-17(4,21)14(16)13(12)23-15(8)20/h5-6,10,12-14,21H,1,7H2,2-4H3/t10-,12+,13+,14+,16-,17-/m0/s1. The molecule has 124 valence electrons. The highest BCUT2D eigenvalue weighted by atomic mass is 16.6. The summed E-state index contributed by atoms with van der Waals surface area (Å²) in [5.74, 6) is -2.39. The van der Waals surface area contributed by atoms with Gasteiger partial charge in [0.2, 0.25) is 0 Å². The molecule has 6 heteroatoms. The van der Waals surface area contributed by atoms with E-state index in [9.17, 15) is 19.5 Å². The molecule has 2 fully saturated rings. The van der Waals surface area contributed by atoms with Crippen molar-refractivity contribution in [1.29, 1.82) is 0 Å². The van der Waals surface area contributed by atoms with Gasteiger partial charge in [0.05, 0.1) is 11.5 Å². The number of carbonyl (C=O) groups is 3. The molecule has 2 aliphatic carbocycles. The van der Waals surface area contributed by atoms with Gasteiger partial charge in [-0.3, -0.25) is 9.59 Å². The van der Waals surface area contributed by atoms with Crippen molar-refractivity contribution in [2.24, 2.45) is 17.3 Å². The van der Waals surface area contributed by atoms with Gasteiger partial charge in [-0.2, -0.15) is 0 Å². The van der Waals surface area contributed by atoms with Crippen molar-refractivity contribution in [2.45, 2.75) is 45.0 Å². The highest BCUT2D eigenvalue weighted by Gasteiger charge is 2.65. The molecule has 3 rings (SSSR count). The molecule has 0 aromatic rings. The fraction of sp³-hybridized carbons (Fsp3) is 0.588. The number of ether oxygens (including phenoxy) is 2. The summed E-state index contributed by atoms with van der Waals surface area (Å²) in [6.07, 6.45) is 1.59. The quantitative estimate of drug-likeness (QED) is 0.571. The fourth-order valence-electron chi connectivity index (χ4n) is 4.45. The summed E-state index contributed by atoms with van der Waals surface area (Å²) < 4.78 is 10.8. The number of rotatable bonds is 1. The molecule has 3 aliphatic rings. The molecule has 0 unspecified atom stereocenters. The summed E-state index contributed by atoms with van der Waals surface area (Å²) in [6, 6.07) is 0. The van der Waals surface area contributed by atoms with E-state index in [0.29, 0.717) is 0 Å². The topological polar surface area (TPSA) is 89.9 Å². The Bertz CT molecular complexity index is 645. The molecule has 1 N–H and O–H groups in total. The van der Waals surface area contributed by atoms with E-state index in [1.165, 1.54) is 19.1 Å². The Morgan fingerprint density at radius 1 is 1.43 bits per heavy atom. The minimum absolute atomic E-state index is 0.168. The van der Waals surface area contributed by atoms with Gasteiger partial charge in [0.15, 0.2) is 5.78 Å². The average molecular weight is 320 g/mol. The maximum atomic E-state index is 12.5. The second-order valence-electron chi connectivity index (χ2n) is 7.09. The molecule has 0 spiro atoms. The van der Waals surface area contributed by atoms with Crippen molar-refractivity contribution in [2.75, 3.05) is 0 Å². The maximum absolute atomic E-state index is 12.5. The van der Waals surface area contributed by atoms with Crippen LogP contribution in [0, 0.1) is 17.3 Å². The summed E-state index contributed by atoms with van der Waals surface area (Å²) in [4.78, 5) is 36.0. The summed E-state index contributed by atoms with van der Waals surface area (Å²) in [5, 5.41) is 10.8. The number of esters is 2. The van der Waals surface area contributed by atoms with Gasteiger partial charge in [0.1, 0.15) is 12.2 Å². The molecular formula is C17H20O6. The third-order valence-corrected chi connectivity index (χ3v) is 5.38. The van der Waals surface area contributed by atoms with Gasteiger partial charge in [-0.1, -0.05) is 13.5 Å². The van der Waals surface area contributed by atoms with Crippen LogP contribution in [0.2, 0.25) is 0 Å². The zero-order valence-corrected chi connectivity index (χ0v) is 13.4. The van der Waals surface area contributed by atoms with Crippen LogP contribution in [0.4, 0.5) is 0 Å². The minimum atomic E-state index is -1.31. The van der Waals surface area contributed by atoms with Crippen LogP contribution < -0.4 is 0 Å². The number of carbonyl (C=O) groups excluding carboxylic acids is 3. The van der Waals surface area contributed by atoms with Gasteiger partial charge in [0, 0.05) is 23.8 Å². The Morgan fingerprint density at radius 3 is 2.70 bits per heavy atom. The second kappa shape index (κ2) is 4.77. The van der Waals surface area contributed by atoms with Crippen LogP contribution in [0.1, 0.15) is 27.2 Å². The predicted octanol–water partition coefficient (Wildman–Crippen LogP) is 0.932. The highest BCUT2D eigenvalue weighted by molar-refractivity contribution is 5.97. The first-order valence-corrected chi connectivity index (χ1v) is 7.61. The number of hydrogen-bond acceptors (Lipinski definition) is 6. The van der Waals surface area contributed by atoms with Crippen molar-refractivity contribution in [1.82, 2.24) is 0 Å². The zero-order chi connectivity index (χ0) is 17.2. The third kappa shape index (κ3) is 2.16. The van der Waals surface area contributed by atoms with Crippen molar-refractivity contribution >= 4 is 17.7 Å². The third-order valence-electron chi connectivity index (χ3n) is 5.38. The zero-order valence-electron chi connectivity index (χ0n) is 13.4. The first kappa shape index (κ1) is 15.9. The molecule has 0 aromatic heterocycles. The second-order valence-corrected chi connectivity index (χ2v) is 7.09. The van der Waals surface area contributed by atoms with Gasteiger partial charge < -0.3 is 14.6 Å². The number of aliphatic hydroxyl groups is 1. The number of ketones is 1. The lowest BCUT2D eigenvalue weighted by atomic mass is 9.53. The summed E-state index contributed by atoms with van der Waals surface area (Å²) in [5.41, 5.74) is -2.07. The molecule has 0 aromatic carbocycles. The number of fused-ring (bicyclic) bond motifs is 3. The van der Waals surface area contributed by atoms with Crippen molar-refractivity contribution < 1.29 is 29.0 Å². The molecule has 23 heavy (non-hydrogen) atoms. The van der Waals surface area contributed by atoms with E-state index in [4.69, 9.17) is 9.47 Å². The lowest BCUT2D eigenvalue weighted by Gasteiger charge is -2.53. The van der Waals surface area contributed by atoms with Crippen LogP contribution in [-0.2, 0) is 23.9 Å². The van der Waals surface area contributed by atoms with Crippen LogP contribution in [0.5, 0.6) is 0 Å². The molecule has 1 aliphatic heterocycles. The molecular weight excluding hydrogens is 300 g/mol. The molecule has 0 amide bonds. The Hall–Kier alpha value is -1.95. The van der Waals surface area contributed by atoms with E-state index < -0.39 is 47.0 Å². The molecule has 6 nitrogen and oxygen atoms in total. The van der Waals surface area contributed by atoms with Crippen molar-refractivity contribution in [3.05, 3.63) is 24.3 Å². The first-order chi connectivity index (χ1) is 10.6. The molecule has 1 heterocycles.